The highest BCUT2D eigenvalue weighted by Gasteiger charge is 2.37. The van der Waals surface area contributed by atoms with Crippen LogP contribution in [0.2, 0.25) is 0 Å². The molecule has 116 valence electrons. The molecule has 0 aromatic rings. The van der Waals surface area contributed by atoms with Crippen molar-refractivity contribution in [2.75, 3.05) is 20.8 Å². The minimum absolute atomic E-state index is 0.402. The predicted octanol–water partition coefficient (Wildman–Crippen LogP) is 1.73. The lowest BCUT2D eigenvalue weighted by atomic mass is 10.0. The minimum atomic E-state index is -0.613. The summed E-state index contributed by atoms with van der Waals surface area (Å²) in [6.07, 6.45) is 1.81. The molecule has 1 aliphatic rings. The fourth-order valence-corrected chi connectivity index (χ4v) is 2.10. The smallest absolute Gasteiger partial charge is 0.410 e. The van der Waals surface area contributed by atoms with Crippen molar-refractivity contribution in [3.63, 3.8) is 0 Å². The first-order valence-electron chi connectivity index (χ1n) is 6.72. The van der Waals surface area contributed by atoms with E-state index in [1.807, 2.05) is 0 Å². The summed E-state index contributed by atoms with van der Waals surface area (Å²) in [7, 11) is 2.67. The topological polar surface area (TPSA) is 68.3 Å². The summed E-state index contributed by atoms with van der Waals surface area (Å²) in [6.45, 7) is 5.87. The van der Waals surface area contributed by atoms with Crippen LogP contribution in [0.1, 0.15) is 40.0 Å². The Hall–Kier alpha value is -1.34. The summed E-state index contributed by atoms with van der Waals surface area (Å²) in [5.41, 5.74) is -0.593. The molecule has 20 heavy (non-hydrogen) atoms. The summed E-state index contributed by atoms with van der Waals surface area (Å²) in [4.78, 5) is 35.5. The number of hydroxylamine groups is 2. The summed E-state index contributed by atoms with van der Waals surface area (Å²) in [5, 5.41) is 0.785. The molecule has 7 nitrogen and oxygen atoms in total. The Kier molecular flexibility index (Phi) is 5.76. The number of hydrogen-bond acceptors (Lipinski definition) is 5. The number of carbonyl (C=O) groups is 2. The van der Waals surface area contributed by atoms with Gasteiger partial charge in [-0.1, -0.05) is 5.23 Å². The van der Waals surface area contributed by atoms with E-state index in [1.54, 1.807) is 20.8 Å². The molecule has 7 heteroatoms. The molecule has 0 radical (unpaired) electrons. The van der Waals surface area contributed by atoms with Gasteiger partial charge < -0.3 is 4.74 Å². The van der Waals surface area contributed by atoms with Crippen molar-refractivity contribution in [3.8, 4) is 0 Å². The molecule has 0 aromatic heterocycles. The van der Waals surface area contributed by atoms with Crippen LogP contribution < -0.4 is 0 Å². The molecule has 1 rings (SSSR count). The molecule has 1 fully saturated rings. The second-order valence-corrected chi connectivity index (χ2v) is 5.65. The molecule has 0 aliphatic carbocycles. The van der Waals surface area contributed by atoms with Gasteiger partial charge in [-0.3, -0.25) is 9.69 Å². The highest BCUT2D eigenvalue weighted by atomic mass is 16.9. The summed E-state index contributed by atoms with van der Waals surface area (Å²) in [6, 6.07) is -0.613. The van der Waals surface area contributed by atoms with Gasteiger partial charge in [-0.15, -0.1) is 0 Å². The van der Waals surface area contributed by atoms with Crippen LogP contribution in [0.5, 0.6) is 0 Å². The molecular weight excluding hydrogens is 264 g/mol. The van der Waals surface area contributed by atoms with Gasteiger partial charge in [0.15, 0.2) is 0 Å². The lowest BCUT2D eigenvalue weighted by molar-refractivity contribution is -0.320. The lowest BCUT2D eigenvalue weighted by Crippen LogP contribution is -2.53. The van der Waals surface area contributed by atoms with Crippen LogP contribution in [0.4, 0.5) is 4.79 Å². The van der Waals surface area contributed by atoms with Gasteiger partial charge in [0.05, 0.1) is 14.2 Å². The van der Waals surface area contributed by atoms with Crippen LogP contribution in [-0.4, -0.2) is 54.5 Å². The number of likely N-dealkylation sites (tertiary alicyclic amines) is 1. The molecule has 0 saturated carbocycles. The minimum Gasteiger partial charge on any atom is -0.444 e. The average Bonchev–Trinajstić information content (AvgIpc) is 2.38. The number of amides is 2. The van der Waals surface area contributed by atoms with Crippen LogP contribution in [-0.2, 0) is 19.2 Å². The summed E-state index contributed by atoms with van der Waals surface area (Å²) < 4.78 is 5.34. The van der Waals surface area contributed by atoms with Crippen LogP contribution in [0.3, 0.4) is 0 Å². The third-order valence-corrected chi connectivity index (χ3v) is 2.93. The van der Waals surface area contributed by atoms with E-state index < -0.39 is 23.6 Å². The van der Waals surface area contributed by atoms with E-state index in [-0.39, 0.29) is 0 Å². The fraction of sp³-hybridized carbons (Fsp3) is 0.846. The first-order chi connectivity index (χ1) is 9.30. The third kappa shape index (κ3) is 4.35. The van der Waals surface area contributed by atoms with Crippen molar-refractivity contribution in [1.29, 1.82) is 0 Å². The Bertz CT molecular complexity index is 349. The number of carbonyl (C=O) groups excluding carboxylic acids is 2. The van der Waals surface area contributed by atoms with Crippen molar-refractivity contribution in [2.24, 2.45) is 0 Å². The van der Waals surface area contributed by atoms with Crippen molar-refractivity contribution < 1.29 is 24.0 Å². The van der Waals surface area contributed by atoms with Gasteiger partial charge in [-0.2, -0.15) is 0 Å². The van der Waals surface area contributed by atoms with Gasteiger partial charge in [-0.05, 0) is 40.0 Å². The van der Waals surface area contributed by atoms with Gasteiger partial charge in [0.2, 0.25) is 0 Å². The maximum Gasteiger partial charge on any atom is 0.410 e. The molecule has 0 bridgehead atoms. The van der Waals surface area contributed by atoms with Gasteiger partial charge in [0, 0.05) is 6.54 Å². The first-order valence-corrected chi connectivity index (χ1v) is 6.72. The van der Waals surface area contributed by atoms with Crippen LogP contribution in [0, 0.1) is 0 Å². The van der Waals surface area contributed by atoms with E-state index in [0.717, 1.165) is 18.1 Å². The van der Waals surface area contributed by atoms with E-state index in [4.69, 9.17) is 14.4 Å². The number of ether oxygens (including phenoxy) is 1. The van der Waals surface area contributed by atoms with Crippen molar-refractivity contribution in [1.82, 2.24) is 10.1 Å². The van der Waals surface area contributed by atoms with Crippen LogP contribution >= 0.6 is 0 Å². The van der Waals surface area contributed by atoms with Crippen molar-refractivity contribution in [2.45, 2.75) is 51.7 Å². The summed E-state index contributed by atoms with van der Waals surface area (Å²) in [5.74, 6) is -0.402. The Morgan fingerprint density at radius 3 is 2.25 bits per heavy atom. The highest BCUT2D eigenvalue weighted by molar-refractivity contribution is 5.84. The van der Waals surface area contributed by atoms with Crippen molar-refractivity contribution in [3.05, 3.63) is 0 Å². The molecule has 0 N–H and O–H groups in total. The molecule has 1 atom stereocenters. The van der Waals surface area contributed by atoms with Gasteiger partial charge >= 0.3 is 6.09 Å². The zero-order chi connectivity index (χ0) is 15.3. The monoisotopic (exact) mass is 288 g/mol. The van der Waals surface area contributed by atoms with Gasteiger partial charge in [-0.25, -0.2) is 14.5 Å². The van der Waals surface area contributed by atoms with Gasteiger partial charge in [0.1, 0.15) is 11.6 Å². The summed E-state index contributed by atoms with van der Waals surface area (Å²) >= 11 is 0. The molecule has 0 aromatic carbocycles. The number of piperidine rings is 1. The Morgan fingerprint density at radius 2 is 1.75 bits per heavy atom. The lowest BCUT2D eigenvalue weighted by Gasteiger charge is -2.36. The van der Waals surface area contributed by atoms with Gasteiger partial charge in [0.25, 0.3) is 5.91 Å². The number of rotatable bonds is 3. The maximum atomic E-state index is 12.3. The van der Waals surface area contributed by atoms with Crippen LogP contribution in [0.25, 0.3) is 0 Å². The molecular formula is C13H24N2O5. The fourth-order valence-electron chi connectivity index (χ4n) is 2.10. The Morgan fingerprint density at radius 1 is 1.15 bits per heavy atom. The van der Waals surface area contributed by atoms with E-state index in [0.29, 0.717) is 13.0 Å². The second-order valence-electron chi connectivity index (χ2n) is 5.65. The average molecular weight is 288 g/mol. The molecule has 0 spiro atoms. The molecule has 1 aliphatic heterocycles. The molecule has 0 unspecified atom stereocenters. The third-order valence-electron chi connectivity index (χ3n) is 2.93. The van der Waals surface area contributed by atoms with E-state index >= 15 is 0 Å². The second kappa shape index (κ2) is 6.90. The molecule has 1 saturated heterocycles. The van der Waals surface area contributed by atoms with Crippen molar-refractivity contribution >= 4 is 12.0 Å². The number of hydrogen-bond donors (Lipinski definition) is 0. The largest absolute Gasteiger partial charge is 0.444 e. The Balaban J connectivity index is 2.81. The zero-order valence-corrected chi connectivity index (χ0v) is 12.8. The number of nitrogens with zero attached hydrogens (tertiary/aromatic N) is 2. The normalized spacial score (nSPS) is 19.6. The molecule has 1 heterocycles. The SMILES string of the molecule is CON(OC)C(=O)[C@@H]1CCCCN1C(=O)OC(C)(C)C. The Labute approximate surface area is 119 Å². The predicted molar refractivity (Wildman–Crippen MR) is 71.4 cm³/mol. The quantitative estimate of drug-likeness (QED) is 0.740. The van der Waals surface area contributed by atoms with E-state index in [9.17, 15) is 9.59 Å². The van der Waals surface area contributed by atoms with E-state index in [1.165, 1.54) is 19.1 Å². The standard InChI is InChI=1S/C13H24N2O5/c1-13(2,3)20-12(17)14-9-7-6-8-10(14)11(16)15(18-4)19-5/h10H,6-9H2,1-5H3/t10-/m0/s1. The van der Waals surface area contributed by atoms with E-state index in [2.05, 4.69) is 0 Å². The maximum absolute atomic E-state index is 12.3. The van der Waals surface area contributed by atoms with Crippen LogP contribution in [0.15, 0.2) is 0 Å². The highest BCUT2D eigenvalue weighted by Crippen LogP contribution is 2.22. The molecule has 2 amide bonds. The first kappa shape index (κ1) is 16.7. The zero-order valence-electron chi connectivity index (χ0n) is 12.8.